The Morgan fingerprint density at radius 1 is 1.38 bits per heavy atom. The van der Waals surface area contributed by atoms with Crippen molar-refractivity contribution in [1.29, 1.82) is 10.8 Å². The Balaban J connectivity index is 4.05. The molecule has 0 heterocycles. The van der Waals surface area contributed by atoms with E-state index in [1.54, 1.807) is 6.08 Å². The summed E-state index contributed by atoms with van der Waals surface area (Å²) in [4.78, 5) is 0. The van der Waals surface area contributed by atoms with Crippen LogP contribution in [0.15, 0.2) is 12.7 Å². The zero-order valence-electron chi connectivity index (χ0n) is 8.56. The van der Waals surface area contributed by atoms with E-state index in [0.29, 0.717) is 17.8 Å². The first-order valence-corrected chi connectivity index (χ1v) is 4.60. The van der Waals surface area contributed by atoms with Crippen LogP contribution in [0.3, 0.4) is 0 Å². The van der Waals surface area contributed by atoms with Gasteiger partial charge in [-0.2, -0.15) is 6.42 Å². The van der Waals surface area contributed by atoms with Gasteiger partial charge in [0.15, 0.2) is 0 Å². The third-order valence-corrected chi connectivity index (χ3v) is 2.30. The van der Waals surface area contributed by atoms with Gasteiger partial charge in [-0.3, -0.25) is 0 Å². The van der Waals surface area contributed by atoms with Crippen molar-refractivity contribution in [3.05, 3.63) is 19.6 Å². The fourth-order valence-electron chi connectivity index (χ4n) is 1.02. The normalized spacial score (nSPS) is 14.7. The summed E-state index contributed by atoms with van der Waals surface area (Å²) in [6, 6.07) is 0. The molecule has 0 saturated carbocycles. The van der Waals surface area contributed by atoms with Gasteiger partial charge in [0.2, 0.25) is 0 Å². The molecule has 2 heteroatoms. The van der Waals surface area contributed by atoms with Gasteiger partial charge in [-0.1, -0.05) is 20.4 Å². The quantitative estimate of drug-likeness (QED) is 0.465. The Labute approximate surface area is 81.1 Å². The third kappa shape index (κ3) is 4.02. The van der Waals surface area contributed by atoms with Crippen molar-refractivity contribution in [2.45, 2.75) is 26.7 Å². The molecule has 0 aliphatic rings. The van der Waals surface area contributed by atoms with E-state index in [2.05, 4.69) is 13.5 Å². The van der Waals surface area contributed by atoms with E-state index in [4.69, 9.17) is 10.8 Å². The maximum absolute atomic E-state index is 7.72. The summed E-state index contributed by atoms with van der Waals surface area (Å²) in [7, 11) is 0. The lowest BCUT2D eigenvalue weighted by molar-refractivity contribution is 0.714. The van der Waals surface area contributed by atoms with Crippen LogP contribution < -0.4 is 0 Å². The van der Waals surface area contributed by atoms with E-state index in [-0.39, 0.29) is 11.8 Å². The molecule has 0 aliphatic heterocycles. The molecular formula is C11H19N2-. The van der Waals surface area contributed by atoms with E-state index in [9.17, 15) is 0 Å². The predicted molar refractivity (Wildman–Crippen MR) is 58.6 cm³/mol. The largest absolute Gasteiger partial charge is 0.343 e. The highest BCUT2D eigenvalue weighted by Gasteiger charge is 2.11. The zero-order chi connectivity index (χ0) is 10.4. The molecule has 0 aromatic heterocycles. The molecule has 0 amide bonds. The average Bonchev–Trinajstić information content (AvgIpc) is 2.14. The van der Waals surface area contributed by atoms with E-state index in [0.717, 1.165) is 6.42 Å². The summed E-state index contributed by atoms with van der Waals surface area (Å²) < 4.78 is 0. The number of rotatable bonds is 6. The van der Waals surface area contributed by atoms with Gasteiger partial charge in [-0.25, -0.2) is 0 Å². The molecule has 2 nitrogen and oxygen atoms in total. The molecule has 0 radical (unpaired) electrons. The zero-order valence-corrected chi connectivity index (χ0v) is 8.56. The predicted octanol–water partition coefficient (Wildman–Crippen LogP) is 3.10. The van der Waals surface area contributed by atoms with Crippen LogP contribution in [0.4, 0.5) is 0 Å². The molecule has 74 valence electrons. The van der Waals surface area contributed by atoms with E-state index >= 15 is 0 Å². The average molecular weight is 179 g/mol. The van der Waals surface area contributed by atoms with Gasteiger partial charge < -0.3 is 17.7 Å². The number of allylic oxidation sites excluding steroid dienone is 1. The minimum Gasteiger partial charge on any atom is -0.343 e. The lowest BCUT2D eigenvalue weighted by atomic mass is 9.91. The molecule has 2 unspecified atom stereocenters. The summed E-state index contributed by atoms with van der Waals surface area (Å²) in [6.07, 6.45) is 2.96. The first kappa shape index (κ1) is 12.1. The molecule has 0 rings (SSSR count). The molecule has 0 aromatic rings. The first-order chi connectivity index (χ1) is 6.02. The Hall–Kier alpha value is -0.920. The SMILES string of the molecule is C=CC(=N)C(C)CC(=N)C(C)C[CH2-]. The van der Waals surface area contributed by atoms with Gasteiger partial charge >= 0.3 is 0 Å². The van der Waals surface area contributed by atoms with Crippen molar-refractivity contribution in [2.75, 3.05) is 0 Å². The van der Waals surface area contributed by atoms with Crippen LogP contribution in [0, 0.1) is 29.6 Å². The first-order valence-electron chi connectivity index (χ1n) is 4.60. The van der Waals surface area contributed by atoms with Crippen LogP contribution in [0.1, 0.15) is 26.7 Å². The lowest BCUT2D eigenvalue weighted by Crippen LogP contribution is -2.17. The van der Waals surface area contributed by atoms with Gasteiger partial charge in [0, 0.05) is 17.3 Å². The number of hydrogen-bond acceptors (Lipinski definition) is 2. The van der Waals surface area contributed by atoms with Crippen LogP contribution in [0.25, 0.3) is 0 Å². The fraction of sp³-hybridized carbons (Fsp3) is 0.545. The van der Waals surface area contributed by atoms with Gasteiger partial charge in [0.1, 0.15) is 0 Å². The summed E-state index contributed by atoms with van der Waals surface area (Å²) in [5.74, 6) is 0.346. The van der Waals surface area contributed by atoms with Crippen LogP contribution >= 0.6 is 0 Å². The molecule has 2 atom stereocenters. The Morgan fingerprint density at radius 3 is 2.31 bits per heavy atom. The molecule has 0 aliphatic carbocycles. The van der Waals surface area contributed by atoms with Crippen LogP contribution in [0.5, 0.6) is 0 Å². The molecule has 13 heavy (non-hydrogen) atoms. The molecule has 0 aromatic carbocycles. The molecule has 0 spiro atoms. The standard InChI is InChI=1S/C11H19N2/c1-5-8(3)11(13)7-9(4)10(12)6-2/h6,8-9,12-13H,1-2,5,7H2,3-4H3/q-1. The van der Waals surface area contributed by atoms with Crippen LogP contribution in [-0.4, -0.2) is 11.4 Å². The maximum Gasteiger partial charge on any atom is 0.0339 e. The third-order valence-electron chi connectivity index (χ3n) is 2.30. The van der Waals surface area contributed by atoms with Crippen LogP contribution in [0.2, 0.25) is 0 Å². The van der Waals surface area contributed by atoms with E-state index in [1.807, 2.05) is 13.8 Å². The summed E-state index contributed by atoms with van der Waals surface area (Å²) >= 11 is 0. The Kier molecular flexibility index (Phi) is 5.28. The fourth-order valence-corrected chi connectivity index (χ4v) is 1.02. The molecule has 0 fully saturated rings. The topological polar surface area (TPSA) is 47.7 Å². The molecule has 0 saturated heterocycles. The van der Waals surface area contributed by atoms with Gasteiger partial charge in [0.05, 0.1) is 0 Å². The summed E-state index contributed by atoms with van der Waals surface area (Å²) in [5.41, 5.74) is 1.20. The second-order valence-electron chi connectivity index (χ2n) is 3.48. The monoisotopic (exact) mass is 179 g/mol. The van der Waals surface area contributed by atoms with Crippen molar-refractivity contribution in [1.82, 2.24) is 0 Å². The van der Waals surface area contributed by atoms with Crippen molar-refractivity contribution < 1.29 is 0 Å². The highest BCUT2D eigenvalue weighted by atomic mass is 14.5. The minimum atomic E-state index is 0.110. The maximum atomic E-state index is 7.72. The number of hydrogen-bond donors (Lipinski definition) is 2. The summed E-state index contributed by atoms with van der Waals surface area (Å²) in [5, 5.41) is 15.2. The Bertz CT molecular complexity index is 206. The van der Waals surface area contributed by atoms with Gasteiger partial charge in [0.25, 0.3) is 0 Å². The van der Waals surface area contributed by atoms with Crippen LogP contribution in [-0.2, 0) is 0 Å². The molecule has 0 bridgehead atoms. The van der Waals surface area contributed by atoms with Crippen molar-refractivity contribution in [3.63, 3.8) is 0 Å². The minimum absolute atomic E-state index is 0.110. The Morgan fingerprint density at radius 2 is 1.92 bits per heavy atom. The summed E-state index contributed by atoms with van der Waals surface area (Å²) in [6.45, 7) is 11.3. The van der Waals surface area contributed by atoms with Crippen molar-refractivity contribution in [2.24, 2.45) is 11.8 Å². The highest BCUT2D eigenvalue weighted by molar-refractivity contribution is 5.97. The van der Waals surface area contributed by atoms with E-state index in [1.165, 1.54) is 0 Å². The number of nitrogens with one attached hydrogen (secondary N) is 2. The lowest BCUT2D eigenvalue weighted by Gasteiger charge is -2.17. The molecule has 2 N–H and O–H groups in total. The van der Waals surface area contributed by atoms with Crippen molar-refractivity contribution >= 4 is 11.4 Å². The van der Waals surface area contributed by atoms with Crippen molar-refractivity contribution in [3.8, 4) is 0 Å². The molecular weight excluding hydrogens is 160 g/mol. The van der Waals surface area contributed by atoms with Gasteiger partial charge in [-0.05, 0) is 18.4 Å². The van der Waals surface area contributed by atoms with E-state index < -0.39 is 0 Å². The van der Waals surface area contributed by atoms with Gasteiger partial charge in [-0.15, -0.1) is 0 Å². The second-order valence-corrected chi connectivity index (χ2v) is 3.48. The second kappa shape index (κ2) is 5.68. The highest BCUT2D eigenvalue weighted by Crippen LogP contribution is 2.12. The smallest absolute Gasteiger partial charge is 0.0339 e.